The minimum Gasteiger partial charge on any atom is -0.288 e. The molecule has 1 aliphatic heterocycles. The first-order chi connectivity index (χ1) is 15.3. The Hall–Kier alpha value is -3.75. The summed E-state index contributed by atoms with van der Waals surface area (Å²) in [6, 6.07) is 15.8. The molecule has 1 heterocycles. The zero-order chi connectivity index (χ0) is 23.0. The van der Waals surface area contributed by atoms with Crippen LogP contribution in [0.2, 0.25) is 10.0 Å². The number of fused-ring (bicyclic) bond motifs is 1. The summed E-state index contributed by atoms with van der Waals surface area (Å²) in [4.78, 5) is 51.5. The normalized spacial score (nSPS) is 12.6. The molecule has 0 unspecified atom stereocenters. The van der Waals surface area contributed by atoms with Gasteiger partial charge in [0.1, 0.15) is 6.67 Å². The number of hydrogen-bond acceptors (Lipinski definition) is 5. The van der Waals surface area contributed by atoms with Gasteiger partial charge in [0.2, 0.25) is 0 Å². The molecule has 0 spiro atoms. The van der Waals surface area contributed by atoms with Gasteiger partial charge in [0, 0.05) is 22.7 Å². The number of nitro groups is 1. The summed E-state index contributed by atoms with van der Waals surface area (Å²) in [6.07, 6.45) is 0. The van der Waals surface area contributed by atoms with Crippen LogP contribution in [0.15, 0.2) is 66.7 Å². The number of non-ortho nitro benzene ring substituents is 1. The number of carbonyl (C=O) groups excluding carboxylic acids is 3. The van der Waals surface area contributed by atoms with E-state index in [0.29, 0.717) is 5.02 Å². The number of amides is 3. The van der Waals surface area contributed by atoms with E-state index in [2.05, 4.69) is 0 Å². The van der Waals surface area contributed by atoms with Gasteiger partial charge in [-0.2, -0.15) is 0 Å². The van der Waals surface area contributed by atoms with Gasteiger partial charge >= 0.3 is 0 Å². The second-order valence-corrected chi connectivity index (χ2v) is 7.70. The fourth-order valence-electron chi connectivity index (χ4n) is 3.34. The van der Waals surface area contributed by atoms with Crippen molar-refractivity contribution >= 4 is 52.3 Å². The van der Waals surface area contributed by atoms with Gasteiger partial charge in [-0.3, -0.25) is 34.3 Å². The van der Waals surface area contributed by atoms with Crippen molar-refractivity contribution in [1.29, 1.82) is 0 Å². The maximum absolute atomic E-state index is 13.4. The molecule has 1 aliphatic rings. The summed E-state index contributed by atoms with van der Waals surface area (Å²) >= 11 is 12.3. The van der Waals surface area contributed by atoms with Crippen LogP contribution >= 0.6 is 23.2 Å². The zero-order valence-corrected chi connectivity index (χ0v) is 17.7. The van der Waals surface area contributed by atoms with Crippen LogP contribution in [0.3, 0.4) is 0 Å². The highest BCUT2D eigenvalue weighted by atomic mass is 35.5. The SMILES string of the molecule is O=C1c2ccccc2C(=O)N1CN(C(=O)c1ccc([N+](=O)[O-])cc1)c1ccc(Cl)cc1Cl. The first-order valence-corrected chi connectivity index (χ1v) is 10.00. The molecule has 0 fully saturated rings. The Labute approximate surface area is 191 Å². The largest absolute Gasteiger partial charge is 0.288 e. The molecule has 3 amide bonds. The Balaban J connectivity index is 1.73. The van der Waals surface area contributed by atoms with Crippen molar-refractivity contribution in [3.8, 4) is 0 Å². The Morgan fingerprint density at radius 1 is 0.938 bits per heavy atom. The molecule has 3 aromatic rings. The van der Waals surface area contributed by atoms with Crippen LogP contribution in [0.4, 0.5) is 11.4 Å². The number of anilines is 1. The zero-order valence-electron chi connectivity index (χ0n) is 16.2. The van der Waals surface area contributed by atoms with Crippen molar-refractivity contribution in [1.82, 2.24) is 4.90 Å². The van der Waals surface area contributed by atoms with Gasteiger partial charge in [0.05, 0.1) is 26.8 Å². The average Bonchev–Trinajstić information content (AvgIpc) is 3.02. The van der Waals surface area contributed by atoms with Gasteiger partial charge in [-0.25, -0.2) is 0 Å². The van der Waals surface area contributed by atoms with Gasteiger partial charge in [-0.05, 0) is 42.5 Å². The highest BCUT2D eigenvalue weighted by molar-refractivity contribution is 6.37. The lowest BCUT2D eigenvalue weighted by Crippen LogP contribution is -2.44. The molecule has 4 rings (SSSR count). The molecule has 160 valence electrons. The van der Waals surface area contributed by atoms with E-state index in [4.69, 9.17) is 23.2 Å². The van der Waals surface area contributed by atoms with Crippen LogP contribution in [0.5, 0.6) is 0 Å². The summed E-state index contributed by atoms with van der Waals surface area (Å²) in [5, 5.41) is 11.4. The molecule has 0 saturated carbocycles. The Kier molecular flexibility index (Phi) is 5.65. The molecule has 3 aromatic carbocycles. The first kappa shape index (κ1) is 21.5. The molecule has 0 aromatic heterocycles. The Morgan fingerprint density at radius 2 is 1.53 bits per heavy atom. The van der Waals surface area contributed by atoms with Gasteiger partial charge in [-0.15, -0.1) is 0 Å². The third-order valence-electron chi connectivity index (χ3n) is 4.93. The van der Waals surface area contributed by atoms with E-state index in [1.54, 1.807) is 12.1 Å². The molecule has 0 radical (unpaired) electrons. The standard InChI is InChI=1S/C22H13Cl2N3O5/c23-14-7-10-19(18(24)11-14)25(20(28)13-5-8-15(9-6-13)27(31)32)12-26-21(29)16-3-1-2-4-17(16)22(26)30/h1-11H,12H2. The van der Waals surface area contributed by atoms with Gasteiger partial charge in [0.15, 0.2) is 0 Å². The number of benzene rings is 3. The van der Waals surface area contributed by atoms with E-state index in [9.17, 15) is 24.5 Å². The van der Waals surface area contributed by atoms with Crippen LogP contribution in [-0.4, -0.2) is 34.2 Å². The minimum absolute atomic E-state index is 0.109. The number of rotatable bonds is 5. The quantitative estimate of drug-likeness (QED) is 0.303. The lowest BCUT2D eigenvalue weighted by molar-refractivity contribution is -0.384. The molecule has 0 atom stereocenters. The third kappa shape index (κ3) is 3.81. The first-order valence-electron chi connectivity index (χ1n) is 9.24. The van der Waals surface area contributed by atoms with E-state index >= 15 is 0 Å². The molecule has 8 nitrogen and oxygen atoms in total. The number of imide groups is 1. The summed E-state index contributed by atoms with van der Waals surface area (Å²) in [7, 11) is 0. The van der Waals surface area contributed by atoms with Crippen molar-refractivity contribution in [2.75, 3.05) is 11.6 Å². The summed E-state index contributed by atoms with van der Waals surface area (Å²) in [5.41, 5.74) is 0.622. The number of carbonyl (C=O) groups is 3. The van der Waals surface area contributed by atoms with Crippen molar-refractivity contribution in [3.63, 3.8) is 0 Å². The van der Waals surface area contributed by atoms with Crippen molar-refractivity contribution < 1.29 is 19.3 Å². The lowest BCUT2D eigenvalue weighted by Gasteiger charge is -2.28. The lowest BCUT2D eigenvalue weighted by atomic mass is 10.1. The minimum atomic E-state index is -0.610. The topological polar surface area (TPSA) is 101 Å². The van der Waals surface area contributed by atoms with Gasteiger partial charge < -0.3 is 0 Å². The number of nitrogens with zero attached hydrogens (tertiary/aromatic N) is 3. The van der Waals surface area contributed by atoms with E-state index in [0.717, 1.165) is 9.80 Å². The van der Waals surface area contributed by atoms with Crippen molar-refractivity contribution in [2.24, 2.45) is 0 Å². The Morgan fingerprint density at radius 3 is 2.06 bits per heavy atom. The average molecular weight is 470 g/mol. The van der Waals surface area contributed by atoms with E-state index in [-0.39, 0.29) is 33.1 Å². The summed E-state index contributed by atoms with van der Waals surface area (Å²) in [5.74, 6) is -1.70. The van der Waals surface area contributed by atoms with Crippen LogP contribution in [0.25, 0.3) is 0 Å². The predicted octanol–water partition coefficient (Wildman–Crippen LogP) is 4.80. The van der Waals surface area contributed by atoms with Crippen LogP contribution in [0, 0.1) is 10.1 Å². The van der Waals surface area contributed by atoms with Crippen molar-refractivity contribution in [2.45, 2.75) is 0 Å². The predicted molar refractivity (Wildman–Crippen MR) is 118 cm³/mol. The maximum Gasteiger partial charge on any atom is 0.269 e. The van der Waals surface area contributed by atoms with E-state index < -0.39 is 29.3 Å². The maximum atomic E-state index is 13.4. The smallest absolute Gasteiger partial charge is 0.269 e. The van der Waals surface area contributed by atoms with Crippen LogP contribution in [0.1, 0.15) is 31.1 Å². The molecule has 0 bridgehead atoms. The number of nitro benzene ring substituents is 1. The molecule has 32 heavy (non-hydrogen) atoms. The summed E-state index contributed by atoms with van der Waals surface area (Å²) < 4.78 is 0. The third-order valence-corrected chi connectivity index (χ3v) is 5.47. The molecule has 10 heteroatoms. The van der Waals surface area contributed by atoms with Crippen molar-refractivity contribution in [3.05, 3.63) is 104 Å². The van der Waals surface area contributed by atoms with Crippen LogP contribution in [-0.2, 0) is 0 Å². The monoisotopic (exact) mass is 469 g/mol. The van der Waals surface area contributed by atoms with Crippen LogP contribution < -0.4 is 4.90 Å². The molecule has 0 aliphatic carbocycles. The summed E-state index contributed by atoms with van der Waals surface area (Å²) in [6.45, 7) is -0.413. The molecular formula is C22H13Cl2N3O5. The second-order valence-electron chi connectivity index (χ2n) is 6.86. The highest BCUT2D eigenvalue weighted by Crippen LogP contribution is 2.32. The molecular weight excluding hydrogens is 457 g/mol. The molecule has 0 N–H and O–H groups in total. The van der Waals surface area contributed by atoms with Gasteiger partial charge in [0.25, 0.3) is 23.4 Å². The molecule has 0 saturated heterocycles. The highest BCUT2D eigenvalue weighted by Gasteiger charge is 2.37. The number of hydrogen-bond donors (Lipinski definition) is 0. The van der Waals surface area contributed by atoms with Gasteiger partial charge in [-0.1, -0.05) is 35.3 Å². The van der Waals surface area contributed by atoms with E-state index in [1.165, 1.54) is 54.6 Å². The van der Waals surface area contributed by atoms with E-state index in [1.807, 2.05) is 0 Å². The second kappa shape index (κ2) is 8.41. The fourth-order valence-corrected chi connectivity index (χ4v) is 3.85. The fraction of sp³-hybridized carbons (Fsp3) is 0.0455. The number of halogens is 2. The Bertz CT molecular complexity index is 1240.